The highest BCUT2D eigenvalue weighted by molar-refractivity contribution is 6.04. The summed E-state index contributed by atoms with van der Waals surface area (Å²) in [6, 6.07) is 5.55. The number of hydrogen-bond acceptors (Lipinski definition) is 5. The minimum Gasteiger partial charge on any atom is -0.480 e. The molecule has 1 N–H and O–H groups in total. The van der Waals surface area contributed by atoms with Gasteiger partial charge >= 0.3 is 11.9 Å². The minimum atomic E-state index is -1.55. The Morgan fingerprint density at radius 1 is 1.45 bits per heavy atom. The number of hydrogen-bond donors (Lipinski definition) is 1. The van der Waals surface area contributed by atoms with Crippen molar-refractivity contribution < 1.29 is 24.4 Å². The van der Waals surface area contributed by atoms with Gasteiger partial charge in [-0.25, -0.2) is 0 Å². The minimum absolute atomic E-state index is 0.0774. The largest absolute Gasteiger partial charge is 0.480 e. The van der Waals surface area contributed by atoms with Crippen LogP contribution in [-0.2, 0) is 14.3 Å². The van der Waals surface area contributed by atoms with E-state index in [2.05, 4.69) is 0 Å². The molecule has 1 aliphatic rings. The molecular weight excluding hydrogens is 266 g/mol. The van der Waals surface area contributed by atoms with Gasteiger partial charge in [0.15, 0.2) is 5.41 Å². The fraction of sp³-hybridized carbons (Fsp3) is 0.385. The van der Waals surface area contributed by atoms with Crippen LogP contribution in [0.3, 0.4) is 0 Å². The van der Waals surface area contributed by atoms with Gasteiger partial charge in [0.1, 0.15) is 0 Å². The lowest BCUT2D eigenvalue weighted by Crippen LogP contribution is -2.29. The second kappa shape index (κ2) is 4.92. The number of carbonyl (C=O) groups is 2. The van der Waals surface area contributed by atoms with Crippen LogP contribution in [0.2, 0.25) is 0 Å². The van der Waals surface area contributed by atoms with Crippen molar-refractivity contribution >= 4 is 17.6 Å². The Morgan fingerprint density at radius 2 is 2.05 bits per heavy atom. The van der Waals surface area contributed by atoms with Gasteiger partial charge in [0.25, 0.3) is 5.69 Å². The molecule has 1 aliphatic carbocycles. The molecule has 0 saturated heterocycles. The van der Waals surface area contributed by atoms with Crippen molar-refractivity contribution in [3.63, 3.8) is 0 Å². The van der Waals surface area contributed by atoms with Gasteiger partial charge in [-0.3, -0.25) is 19.7 Å². The molecule has 0 bridgehead atoms. The van der Waals surface area contributed by atoms with Crippen LogP contribution in [0.5, 0.6) is 0 Å². The molecule has 0 heterocycles. The highest BCUT2D eigenvalue weighted by atomic mass is 16.6. The summed E-state index contributed by atoms with van der Waals surface area (Å²) in [5, 5.41) is 19.8. The van der Waals surface area contributed by atoms with Gasteiger partial charge in [-0.2, -0.15) is 0 Å². The van der Waals surface area contributed by atoms with Crippen molar-refractivity contribution in [2.45, 2.75) is 19.3 Å². The Hall–Kier alpha value is -2.44. The van der Waals surface area contributed by atoms with E-state index in [0.29, 0.717) is 5.56 Å². The number of rotatable bonds is 5. The summed E-state index contributed by atoms with van der Waals surface area (Å²) in [6.07, 6.45) is 0.152. The molecule has 1 aromatic rings. The zero-order chi connectivity index (χ0) is 14.9. The van der Waals surface area contributed by atoms with Gasteiger partial charge in [-0.15, -0.1) is 0 Å². The van der Waals surface area contributed by atoms with Gasteiger partial charge < -0.3 is 9.84 Å². The van der Waals surface area contributed by atoms with Crippen molar-refractivity contribution in [2.24, 2.45) is 5.41 Å². The van der Waals surface area contributed by atoms with E-state index in [1.807, 2.05) is 0 Å². The highest BCUT2D eigenvalue weighted by Crippen LogP contribution is 2.60. The lowest BCUT2D eigenvalue weighted by atomic mass is 9.99. The Morgan fingerprint density at radius 3 is 2.50 bits per heavy atom. The quantitative estimate of drug-likeness (QED) is 0.380. The van der Waals surface area contributed by atoms with Gasteiger partial charge in [-0.1, -0.05) is 12.1 Å². The maximum atomic E-state index is 11.8. The van der Waals surface area contributed by atoms with E-state index in [0.717, 1.165) is 0 Å². The first-order valence-corrected chi connectivity index (χ1v) is 6.08. The van der Waals surface area contributed by atoms with Crippen LogP contribution in [0.15, 0.2) is 24.3 Å². The van der Waals surface area contributed by atoms with Crippen molar-refractivity contribution in [2.75, 3.05) is 6.61 Å². The van der Waals surface area contributed by atoms with E-state index in [9.17, 15) is 24.8 Å². The number of esters is 1. The normalized spacial score (nSPS) is 23.9. The SMILES string of the molecule is CCOC(=O)C1(C(=O)O)CC1c1ccc([N+](=O)[O-])cc1. The van der Waals surface area contributed by atoms with E-state index < -0.39 is 28.2 Å². The zero-order valence-corrected chi connectivity index (χ0v) is 10.7. The number of carbonyl (C=O) groups excluding carboxylic acids is 1. The predicted molar refractivity (Wildman–Crippen MR) is 67.2 cm³/mol. The molecule has 0 aliphatic heterocycles. The average molecular weight is 279 g/mol. The first-order valence-electron chi connectivity index (χ1n) is 6.08. The summed E-state index contributed by atoms with van der Waals surface area (Å²) in [4.78, 5) is 33.2. The fourth-order valence-corrected chi connectivity index (χ4v) is 2.30. The smallest absolute Gasteiger partial charge is 0.324 e. The molecular formula is C13H13NO6. The van der Waals surface area contributed by atoms with E-state index in [4.69, 9.17) is 4.74 Å². The molecule has 1 fully saturated rings. The number of aliphatic carboxylic acids is 1. The number of nitro benzene ring substituents is 1. The van der Waals surface area contributed by atoms with Crippen LogP contribution in [-0.4, -0.2) is 28.6 Å². The van der Waals surface area contributed by atoms with Crippen molar-refractivity contribution in [1.29, 1.82) is 0 Å². The Labute approximate surface area is 114 Å². The number of ether oxygens (including phenoxy) is 1. The Bertz CT molecular complexity index is 567. The maximum Gasteiger partial charge on any atom is 0.324 e. The molecule has 106 valence electrons. The monoisotopic (exact) mass is 279 g/mol. The molecule has 0 amide bonds. The highest BCUT2D eigenvalue weighted by Gasteiger charge is 2.68. The summed E-state index contributed by atoms with van der Waals surface area (Å²) >= 11 is 0. The first kappa shape index (κ1) is 14.0. The lowest BCUT2D eigenvalue weighted by Gasteiger charge is -2.11. The molecule has 2 atom stereocenters. The predicted octanol–water partition coefficient (Wildman–Crippen LogP) is 1.72. The third kappa shape index (κ3) is 2.11. The molecule has 0 aromatic heterocycles. The molecule has 0 spiro atoms. The average Bonchev–Trinajstić information content (AvgIpc) is 3.16. The molecule has 2 rings (SSSR count). The van der Waals surface area contributed by atoms with Crippen LogP contribution in [0, 0.1) is 15.5 Å². The number of benzene rings is 1. The van der Waals surface area contributed by atoms with E-state index in [1.165, 1.54) is 24.3 Å². The Kier molecular flexibility index (Phi) is 3.44. The standard InChI is InChI=1S/C13H13NO6/c1-2-20-12(17)13(11(15)16)7-10(13)8-3-5-9(6-4-8)14(18)19/h3-6,10H,2,7H2,1H3,(H,15,16). The van der Waals surface area contributed by atoms with Gasteiger partial charge in [-0.05, 0) is 18.9 Å². The molecule has 7 heteroatoms. The second-order valence-electron chi connectivity index (χ2n) is 4.60. The van der Waals surface area contributed by atoms with Gasteiger partial charge in [0, 0.05) is 18.1 Å². The number of carboxylic acids is 1. The third-order valence-corrected chi connectivity index (χ3v) is 3.49. The third-order valence-electron chi connectivity index (χ3n) is 3.49. The molecule has 7 nitrogen and oxygen atoms in total. The van der Waals surface area contributed by atoms with Crippen LogP contribution in [0.1, 0.15) is 24.8 Å². The van der Waals surface area contributed by atoms with Crippen LogP contribution >= 0.6 is 0 Å². The summed E-state index contributed by atoms with van der Waals surface area (Å²) in [6.45, 7) is 1.72. The number of nitrogens with zero attached hydrogens (tertiary/aromatic N) is 1. The van der Waals surface area contributed by atoms with E-state index >= 15 is 0 Å². The molecule has 1 saturated carbocycles. The topological polar surface area (TPSA) is 107 Å². The van der Waals surface area contributed by atoms with Crippen molar-refractivity contribution in [1.82, 2.24) is 0 Å². The van der Waals surface area contributed by atoms with Gasteiger partial charge in [0.2, 0.25) is 0 Å². The summed E-state index contributed by atoms with van der Waals surface area (Å²) in [7, 11) is 0. The maximum absolute atomic E-state index is 11.8. The number of nitro groups is 1. The number of carboxylic acid groups (broad SMARTS) is 1. The van der Waals surface area contributed by atoms with Crippen LogP contribution in [0.25, 0.3) is 0 Å². The Balaban J connectivity index is 2.24. The molecule has 20 heavy (non-hydrogen) atoms. The van der Waals surface area contributed by atoms with E-state index in [1.54, 1.807) is 6.92 Å². The van der Waals surface area contributed by atoms with Crippen LogP contribution in [0.4, 0.5) is 5.69 Å². The van der Waals surface area contributed by atoms with Crippen LogP contribution < -0.4 is 0 Å². The molecule has 0 radical (unpaired) electrons. The lowest BCUT2D eigenvalue weighted by molar-refractivity contribution is -0.384. The number of non-ortho nitro benzene ring substituents is 1. The zero-order valence-electron chi connectivity index (χ0n) is 10.7. The second-order valence-corrected chi connectivity index (χ2v) is 4.60. The summed E-state index contributed by atoms with van der Waals surface area (Å²) < 4.78 is 4.82. The first-order chi connectivity index (χ1) is 9.43. The summed E-state index contributed by atoms with van der Waals surface area (Å²) in [5.74, 6) is -2.48. The van der Waals surface area contributed by atoms with Gasteiger partial charge in [0.05, 0.1) is 11.5 Å². The fourth-order valence-electron chi connectivity index (χ4n) is 2.30. The van der Waals surface area contributed by atoms with Crippen molar-refractivity contribution in [3.8, 4) is 0 Å². The van der Waals surface area contributed by atoms with Crippen molar-refractivity contribution in [3.05, 3.63) is 39.9 Å². The molecule has 2 unspecified atom stereocenters. The van der Waals surface area contributed by atoms with E-state index in [-0.39, 0.29) is 18.7 Å². The summed E-state index contributed by atoms with van der Waals surface area (Å²) in [5.41, 5.74) is -1.04. The molecule has 1 aromatic carbocycles.